The molecule has 0 N–H and O–H groups in total. The van der Waals surface area contributed by atoms with Gasteiger partial charge in [0.25, 0.3) is 5.89 Å². The fourth-order valence-corrected chi connectivity index (χ4v) is 3.29. The molecular formula is C19H14ClF2N3O2. The molecule has 0 saturated carbocycles. The van der Waals surface area contributed by atoms with E-state index in [4.69, 9.17) is 16.1 Å². The van der Waals surface area contributed by atoms with Gasteiger partial charge in [0.2, 0.25) is 5.91 Å². The lowest BCUT2D eigenvalue weighted by Gasteiger charge is -2.17. The summed E-state index contributed by atoms with van der Waals surface area (Å²) in [5, 5.41) is 4.25. The molecule has 1 atom stereocenters. The molecule has 138 valence electrons. The van der Waals surface area contributed by atoms with Crippen LogP contribution in [0.1, 0.15) is 23.7 Å². The summed E-state index contributed by atoms with van der Waals surface area (Å²) in [6.07, 6.45) is 0.251. The SMILES string of the molecule is O=C1CC(c2noc(-c3ccc(F)cc3)n2)CN1Cc1ccc(F)cc1Cl. The lowest BCUT2D eigenvalue weighted by atomic mass is 10.1. The lowest BCUT2D eigenvalue weighted by Crippen LogP contribution is -2.24. The number of nitrogens with zero attached hydrogens (tertiary/aromatic N) is 3. The highest BCUT2D eigenvalue weighted by Crippen LogP contribution is 2.30. The van der Waals surface area contributed by atoms with Crippen LogP contribution in [0.25, 0.3) is 11.5 Å². The highest BCUT2D eigenvalue weighted by molar-refractivity contribution is 6.31. The number of aromatic nitrogens is 2. The Bertz CT molecular complexity index is 991. The summed E-state index contributed by atoms with van der Waals surface area (Å²) in [5.41, 5.74) is 1.28. The van der Waals surface area contributed by atoms with Gasteiger partial charge in [-0.15, -0.1) is 0 Å². The zero-order chi connectivity index (χ0) is 19.0. The highest BCUT2D eigenvalue weighted by Gasteiger charge is 2.34. The van der Waals surface area contributed by atoms with Crippen molar-refractivity contribution in [3.05, 3.63) is 70.5 Å². The van der Waals surface area contributed by atoms with E-state index in [9.17, 15) is 13.6 Å². The number of rotatable bonds is 4. The fourth-order valence-electron chi connectivity index (χ4n) is 3.06. The van der Waals surface area contributed by atoms with Gasteiger partial charge in [-0.05, 0) is 42.0 Å². The molecule has 27 heavy (non-hydrogen) atoms. The van der Waals surface area contributed by atoms with Crippen LogP contribution in [0.3, 0.4) is 0 Å². The van der Waals surface area contributed by atoms with E-state index in [1.807, 2.05) is 0 Å². The van der Waals surface area contributed by atoms with Crippen LogP contribution in [-0.4, -0.2) is 27.5 Å². The molecule has 4 rings (SSSR count). The van der Waals surface area contributed by atoms with E-state index in [1.54, 1.807) is 23.1 Å². The number of benzene rings is 2. The number of amides is 1. The first kappa shape index (κ1) is 17.6. The molecular weight excluding hydrogens is 376 g/mol. The zero-order valence-electron chi connectivity index (χ0n) is 14.0. The van der Waals surface area contributed by atoms with Crippen molar-refractivity contribution >= 4 is 17.5 Å². The van der Waals surface area contributed by atoms with Gasteiger partial charge in [-0.25, -0.2) is 8.78 Å². The first-order valence-corrected chi connectivity index (χ1v) is 8.68. The number of halogens is 3. The standard InChI is InChI=1S/C19H14ClF2N3O2/c20-16-8-15(22)6-3-12(16)9-25-10-13(7-17(25)26)18-23-19(27-24-18)11-1-4-14(21)5-2-11/h1-6,8,13H,7,9-10H2. The Kier molecular flexibility index (Phi) is 4.61. The van der Waals surface area contributed by atoms with Gasteiger partial charge < -0.3 is 9.42 Å². The Labute approximate surface area is 158 Å². The van der Waals surface area contributed by atoms with Gasteiger partial charge in [-0.3, -0.25) is 4.79 Å². The molecule has 1 aromatic heterocycles. The number of hydrogen-bond acceptors (Lipinski definition) is 4. The topological polar surface area (TPSA) is 59.2 Å². The van der Waals surface area contributed by atoms with E-state index >= 15 is 0 Å². The van der Waals surface area contributed by atoms with Gasteiger partial charge in [0.1, 0.15) is 11.6 Å². The van der Waals surface area contributed by atoms with Crippen molar-refractivity contribution in [1.82, 2.24) is 15.0 Å². The van der Waals surface area contributed by atoms with Crippen molar-refractivity contribution in [2.75, 3.05) is 6.54 Å². The molecule has 8 heteroatoms. The molecule has 2 aromatic carbocycles. The van der Waals surface area contributed by atoms with Crippen LogP contribution in [0.4, 0.5) is 8.78 Å². The Hall–Kier alpha value is -2.80. The maximum atomic E-state index is 13.2. The van der Waals surface area contributed by atoms with E-state index in [2.05, 4.69) is 10.1 Å². The first-order valence-electron chi connectivity index (χ1n) is 8.31. The maximum absolute atomic E-state index is 13.2. The van der Waals surface area contributed by atoms with Gasteiger partial charge >= 0.3 is 0 Å². The monoisotopic (exact) mass is 389 g/mol. The average molecular weight is 390 g/mol. The maximum Gasteiger partial charge on any atom is 0.257 e. The van der Waals surface area contributed by atoms with Crippen LogP contribution in [-0.2, 0) is 11.3 Å². The number of likely N-dealkylation sites (tertiary alicyclic amines) is 1. The summed E-state index contributed by atoms with van der Waals surface area (Å²) in [7, 11) is 0. The van der Waals surface area contributed by atoms with Crippen molar-refractivity contribution in [2.45, 2.75) is 18.9 Å². The van der Waals surface area contributed by atoms with Crippen LogP contribution in [0.15, 0.2) is 47.0 Å². The van der Waals surface area contributed by atoms with Crippen molar-refractivity contribution in [3.8, 4) is 11.5 Å². The van der Waals surface area contributed by atoms with Gasteiger partial charge in [-0.2, -0.15) is 4.98 Å². The van der Waals surface area contributed by atoms with Gasteiger partial charge in [-0.1, -0.05) is 22.8 Å². The Morgan fingerprint density at radius 3 is 2.63 bits per heavy atom. The van der Waals surface area contributed by atoms with Crippen LogP contribution in [0.2, 0.25) is 5.02 Å². The van der Waals surface area contributed by atoms with Crippen molar-refractivity contribution in [1.29, 1.82) is 0 Å². The summed E-state index contributed by atoms with van der Waals surface area (Å²) in [6, 6.07) is 9.83. The summed E-state index contributed by atoms with van der Waals surface area (Å²) in [4.78, 5) is 18.3. The van der Waals surface area contributed by atoms with Crippen LogP contribution in [0, 0.1) is 11.6 Å². The highest BCUT2D eigenvalue weighted by atomic mass is 35.5. The second-order valence-corrected chi connectivity index (χ2v) is 6.78. The molecule has 1 fully saturated rings. The molecule has 0 bridgehead atoms. The predicted molar refractivity (Wildman–Crippen MR) is 93.9 cm³/mol. The smallest absolute Gasteiger partial charge is 0.257 e. The van der Waals surface area contributed by atoms with Crippen LogP contribution >= 0.6 is 11.6 Å². The Morgan fingerprint density at radius 1 is 1.15 bits per heavy atom. The molecule has 1 amide bonds. The van der Waals surface area contributed by atoms with Crippen molar-refractivity contribution in [3.63, 3.8) is 0 Å². The normalized spacial score (nSPS) is 16.9. The number of carbonyl (C=O) groups is 1. The number of carbonyl (C=O) groups excluding carboxylic acids is 1. The van der Waals surface area contributed by atoms with E-state index in [-0.39, 0.29) is 41.5 Å². The summed E-state index contributed by atoms with van der Waals surface area (Å²) >= 11 is 6.05. The second kappa shape index (κ2) is 7.08. The quantitative estimate of drug-likeness (QED) is 0.671. The van der Waals surface area contributed by atoms with E-state index < -0.39 is 5.82 Å². The molecule has 1 aliphatic heterocycles. The Balaban J connectivity index is 1.48. The van der Waals surface area contributed by atoms with E-state index in [1.165, 1.54) is 24.3 Å². The third-order valence-corrected chi connectivity index (χ3v) is 4.84. The van der Waals surface area contributed by atoms with Gasteiger partial charge in [0.05, 0.1) is 0 Å². The molecule has 1 aliphatic rings. The second-order valence-electron chi connectivity index (χ2n) is 6.38. The minimum atomic E-state index is -0.422. The molecule has 1 saturated heterocycles. The summed E-state index contributed by atoms with van der Waals surface area (Å²) < 4.78 is 31.4. The van der Waals surface area contributed by atoms with Crippen molar-refractivity contribution in [2.24, 2.45) is 0 Å². The molecule has 0 aliphatic carbocycles. The minimum absolute atomic E-state index is 0.0616. The molecule has 0 radical (unpaired) electrons. The molecule has 1 unspecified atom stereocenters. The van der Waals surface area contributed by atoms with Gasteiger partial charge in [0.15, 0.2) is 5.82 Å². The Morgan fingerprint density at radius 2 is 1.89 bits per heavy atom. The lowest BCUT2D eigenvalue weighted by molar-refractivity contribution is -0.128. The number of hydrogen-bond donors (Lipinski definition) is 0. The molecule has 2 heterocycles. The van der Waals surface area contributed by atoms with E-state index in [0.29, 0.717) is 23.5 Å². The summed E-state index contributed by atoms with van der Waals surface area (Å²) in [6.45, 7) is 0.700. The summed E-state index contributed by atoms with van der Waals surface area (Å²) in [5.74, 6) is -0.347. The van der Waals surface area contributed by atoms with E-state index in [0.717, 1.165) is 0 Å². The third-order valence-electron chi connectivity index (χ3n) is 4.49. The first-order chi connectivity index (χ1) is 13.0. The molecule has 0 spiro atoms. The third kappa shape index (κ3) is 3.68. The zero-order valence-corrected chi connectivity index (χ0v) is 14.8. The van der Waals surface area contributed by atoms with Crippen LogP contribution in [0.5, 0.6) is 0 Å². The van der Waals surface area contributed by atoms with Crippen molar-refractivity contribution < 1.29 is 18.1 Å². The largest absolute Gasteiger partial charge is 0.338 e. The van der Waals surface area contributed by atoms with Crippen LogP contribution < -0.4 is 0 Å². The predicted octanol–water partition coefficient (Wildman–Crippen LogP) is 4.18. The molecule has 5 nitrogen and oxygen atoms in total. The average Bonchev–Trinajstić information content (AvgIpc) is 3.25. The molecule has 3 aromatic rings. The fraction of sp³-hybridized carbons (Fsp3) is 0.211. The van der Waals surface area contributed by atoms with Gasteiger partial charge in [0, 0.05) is 36.0 Å². The minimum Gasteiger partial charge on any atom is -0.338 e.